The molecule has 0 aliphatic heterocycles. The van der Waals surface area contributed by atoms with Crippen LogP contribution >= 0.6 is 11.3 Å². The third kappa shape index (κ3) is 19.1. The van der Waals surface area contributed by atoms with E-state index in [-0.39, 0.29) is 22.6 Å². The van der Waals surface area contributed by atoms with Crippen LogP contribution in [-0.4, -0.2) is 51.3 Å². The zero-order chi connectivity index (χ0) is 41.2. The molecule has 0 fully saturated rings. The minimum absolute atomic E-state index is 0. The van der Waals surface area contributed by atoms with Gasteiger partial charge < -0.3 is 5.73 Å². The molecule has 3 aromatic heterocycles. The summed E-state index contributed by atoms with van der Waals surface area (Å²) in [5, 5.41) is 7.43. The number of unbranched alkanes of at least 4 members (excludes halogenated alkanes) is 12. The van der Waals surface area contributed by atoms with Crippen LogP contribution < -0.4 is 5.73 Å². The van der Waals surface area contributed by atoms with Crippen LogP contribution in [0.25, 0.3) is 22.4 Å². The first kappa shape index (κ1) is 46.9. The van der Waals surface area contributed by atoms with Crippen molar-refractivity contribution in [2.45, 2.75) is 159 Å². The molecular weight excluding hydrogens is 770 g/mol. The van der Waals surface area contributed by atoms with E-state index in [1.165, 1.54) is 17.7 Å². The van der Waals surface area contributed by atoms with Crippen LogP contribution in [0.5, 0.6) is 0 Å². The van der Waals surface area contributed by atoms with Crippen LogP contribution in [0, 0.1) is 11.8 Å². The molecule has 0 radical (unpaired) electrons. The van der Waals surface area contributed by atoms with E-state index in [2.05, 4.69) is 34.2 Å². The van der Waals surface area contributed by atoms with Gasteiger partial charge in [-0.05, 0) is 88.8 Å². The highest BCUT2D eigenvalue weighted by atomic mass is 32.3. The van der Waals surface area contributed by atoms with E-state index in [1.807, 2.05) is 32.9 Å². The van der Waals surface area contributed by atoms with Gasteiger partial charge in [-0.2, -0.15) is 26.7 Å². The summed E-state index contributed by atoms with van der Waals surface area (Å²) in [4.78, 5) is 10.2. The predicted octanol–water partition coefficient (Wildman–Crippen LogP) is 11.6. The number of halogens is 5. The Kier molecular flexibility index (Phi) is 19.3. The van der Waals surface area contributed by atoms with Gasteiger partial charge in [0.15, 0.2) is 5.82 Å². The molecule has 8 nitrogen and oxygen atoms in total. The van der Waals surface area contributed by atoms with E-state index in [0.717, 1.165) is 99.6 Å². The number of nitrogens with two attached hydrogens (primary N) is 1. The number of fused-ring (bicyclic) bond motifs is 1. The third-order valence-corrected chi connectivity index (χ3v) is 10.9. The number of aromatic amines is 1. The number of benzene rings is 1. The molecule has 4 rings (SSSR count). The highest BCUT2D eigenvalue weighted by Crippen LogP contribution is 2.26. The Morgan fingerprint density at radius 3 is 1.88 bits per heavy atom. The number of aryl methyl sites for hydroxylation is 2. The highest BCUT2D eigenvalue weighted by Gasteiger charge is 2.25. The number of rotatable bonds is 21. The second-order valence-corrected chi connectivity index (χ2v) is 17.9. The van der Waals surface area contributed by atoms with Gasteiger partial charge in [0.2, 0.25) is 6.43 Å². The number of hydrogen-bond acceptors (Lipinski definition) is 7. The van der Waals surface area contributed by atoms with Gasteiger partial charge >= 0.3 is 16.3 Å². The lowest BCUT2D eigenvalue weighted by Gasteiger charge is -2.08. The molecule has 0 aliphatic carbocycles. The maximum absolute atomic E-state index is 12.4. The molecule has 310 valence electrons. The van der Waals surface area contributed by atoms with Gasteiger partial charge in [0.1, 0.15) is 20.9 Å². The Morgan fingerprint density at radius 1 is 0.768 bits per heavy atom. The molecule has 0 aliphatic rings. The lowest BCUT2D eigenvalue weighted by atomic mass is 10.0. The Labute approximate surface area is 332 Å². The first-order valence-corrected chi connectivity index (χ1v) is 21.7. The molecule has 0 saturated heterocycles. The molecule has 1 aromatic carbocycles. The van der Waals surface area contributed by atoms with E-state index in [4.69, 9.17) is 15.7 Å². The maximum Gasteiger partial charge on any atom is 0.389 e. The van der Waals surface area contributed by atoms with Crippen LogP contribution in [0.1, 0.15) is 145 Å². The van der Waals surface area contributed by atoms with Gasteiger partial charge in [-0.3, -0.25) is 9.65 Å². The number of nitrogens with zero attached hydrogens (tertiary/aromatic N) is 3. The normalized spacial score (nSPS) is 12.1. The molecule has 4 N–H and O–H groups in total. The molecule has 0 saturated carbocycles. The van der Waals surface area contributed by atoms with Crippen molar-refractivity contribution in [3.05, 3.63) is 58.2 Å². The molecule has 0 spiro atoms. The SMILES string of the molecule is CC(C)(C)N.O=S(=O)(O)c1ccc(C#Cc2[nH]nc3c(CCCCCCCCCC(F)F)nc(-c4ccc(CCCCCCCCCC(F)(F)F)cc4)nc23)s1. The zero-order valence-corrected chi connectivity index (χ0v) is 34.3. The smallest absolute Gasteiger partial charge is 0.326 e. The van der Waals surface area contributed by atoms with E-state index < -0.39 is 29.1 Å². The van der Waals surface area contributed by atoms with Crippen molar-refractivity contribution in [3.8, 4) is 23.2 Å². The number of H-pyrrole nitrogens is 1. The van der Waals surface area contributed by atoms with Crippen molar-refractivity contribution in [2.24, 2.45) is 5.73 Å². The fourth-order valence-corrected chi connectivity index (χ4v) is 7.35. The largest absolute Gasteiger partial charge is 0.389 e. The first-order chi connectivity index (χ1) is 26.4. The van der Waals surface area contributed by atoms with Crippen LogP contribution in [0.15, 0.2) is 40.6 Å². The zero-order valence-electron chi connectivity index (χ0n) is 32.7. The maximum atomic E-state index is 12.4. The van der Waals surface area contributed by atoms with Crippen molar-refractivity contribution >= 4 is 32.5 Å². The molecule has 3 heterocycles. The molecule has 0 unspecified atom stereocenters. The molecule has 0 bridgehead atoms. The lowest BCUT2D eigenvalue weighted by Crippen LogP contribution is -2.26. The molecule has 56 heavy (non-hydrogen) atoms. The van der Waals surface area contributed by atoms with Crippen LogP contribution in [0.4, 0.5) is 22.0 Å². The summed E-state index contributed by atoms with van der Waals surface area (Å²) in [6.07, 6.45) is 6.29. The van der Waals surface area contributed by atoms with Crippen molar-refractivity contribution in [3.63, 3.8) is 0 Å². The third-order valence-electron chi connectivity index (χ3n) is 8.59. The molecule has 15 heteroatoms. The van der Waals surface area contributed by atoms with Crippen LogP contribution in [0.2, 0.25) is 0 Å². The van der Waals surface area contributed by atoms with Gasteiger partial charge in [-0.25, -0.2) is 18.7 Å². The summed E-state index contributed by atoms with van der Waals surface area (Å²) in [5.41, 5.74) is 9.76. The summed E-state index contributed by atoms with van der Waals surface area (Å²) in [6.45, 7) is 5.90. The average molecular weight is 826 g/mol. The lowest BCUT2D eigenvalue weighted by molar-refractivity contribution is -0.135. The van der Waals surface area contributed by atoms with E-state index in [1.54, 1.807) is 0 Å². The topological polar surface area (TPSA) is 135 Å². The van der Waals surface area contributed by atoms with E-state index in [9.17, 15) is 34.9 Å². The summed E-state index contributed by atoms with van der Waals surface area (Å²) < 4.78 is 93.6. The second kappa shape index (κ2) is 23.1. The standard InChI is InChI=1S/C37H45F5N4O3S2.C4H11N/c38-32(39)17-13-9-5-1-4-8-12-16-30-35-34(31(45-46-35)24-22-29-23-25-33(50-29)51(47,48)49)44-36(43-30)28-20-18-27(19-21-28)15-11-7-3-2-6-10-14-26-37(40,41)42;1-4(2,3)5/h18-21,23,25,32H,1-17,26H2,(H,45,46)(H,47,48,49);5H2,1-3H3. The predicted molar refractivity (Wildman–Crippen MR) is 215 cm³/mol. The van der Waals surface area contributed by atoms with E-state index in [0.29, 0.717) is 46.7 Å². The first-order valence-electron chi connectivity index (χ1n) is 19.5. The number of nitrogens with one attached hydrogen (secondary N) is 1. The number of aromatic nitrogens is 4. The molecular formula is C41H56F5N5O3S2. The summed E-state index contributed by atoms with van der Waals surface area (Å²) in [6, 6.07) is 10.9. The Bertz CT molecular complexity index is 1920. The minimum Gasteiger partial charge on any atom is -0.326 e. The number of thiophene rings is 1. The fourth-order valence-electron chi connectivity index (χ4n) is 5.83. The Balaban J connectivity index is 0.00000158. The monoisotopic (exact) mass is 825 g/mol. The second-order valence-electron chi connectivity index (χ2n) is 15.2. The minimum atomic E-state index is -4.32. The number of alkyl halides is 5. The van der Waals surface area contributed by atoms with Gasteiger partial charge in [0.05, 0.1) is 10.6 Å². The average Bonchev–Trinajstić information content (AvgIpc) is 3.76. The molecule has 4 aromatic rings. The van der Waals surface area contributed by atoms with Gasteiger partial charge in [0, 0.05) is 23.9 Å². The summed E-state index contributed by atoms with van der Waals surface area (Å²) in [7, 11) is -4.32. The van der Waals surface area contributed by atoms with Crippen molar-refractivity contribution in [2.75, 3.05) is 0 Å². The summed E-state index contributed by atoms with van der Waals surface area (Å²) >= 11 is 0.861. The van der Waals surface area contributed by atoms with Gasteiger partial charge in [0.25, 0.3) is 0 Å². The van der Waals surface area contributed by atoms with Crippen molar-refractivity contribution in [1.29, 1.82) is 0 Å². The van der Waals surface area contributed by atoms with Crippen molar-refractivity contribution < 1.29 is 34.9 Å². The summed E-state index contributed by atoms with van der Waals surface area (Å²) in [5.74, 6) is 6.47. The van der Waals surface area contributed by atoms with Crippen LogP contribution in [0.3, 0.4) is 0 Å². The Morgan fingerprint density at radius 2 is 1.32 bits per heavy atom. The Hall–Kier alpha value is -3.45. The van der Waals surface area contributed by atoms with Gasteiger partial charge in [-0.15, -0.1) is 11.3 Å². The van der Waals surface area contributed by atoms with E-state index >= 15 is 0 Å². The molecule has 0 amide bonds. The van der Waals surface area contributed by atoms with Gasteiger partial charge in [-0.1, -0.05) is 88.5 Å². The molecule has 0 atom stereocenters. The quantitative estimate of drug-likeness (QED) is 0.0329. The van der Waals surface area contributed by atoms with Crippen molar-refractivity contribution in [1.82, 2.24) is 20.2 Å². The highest BCUT2D eigenvalue weighted by molar-refractivity contribution is 7.88. The fraction of sp³-hybridized carbons (Fsp3) is 0.585. The number of hydrogen-bond donors (Lipinski definition) is 3. The van der Waals surface area contributed by atoms with Crippen LogP contribution in [-0.2, 0) is 23.0 Å².